The minimum absolute atomic E-state index is 0.0380. The van der Waals surface area contributed by atoms with Gasteiger partial charge in [-0.15, -0.1) is 0 Å². The lowest BCUT2D eigenvalue weighted by Gasteiger charge is -2.16. The molecule has 1 N–H and O–H groups in total. The molecule has 4 aromatic carbocycles. The van der Waals surface area contributed by atoms with Crippen LogP contribution < -0.4 is 5.32 Å². The highest BCUT2D eigenvalue weighted by Gasteiger charge is 2.24. The average molecular weight is 414 g/mol. The Balaban J connectivity index is 1.63. The van der Waals surface area contributed by atoms with E-state index in [-0.39, 0.29) is 11.4 Å². The van der Waals surface area contributed by atoms with Gasteiger partial charge in [0, 0.05) is 6.07 Å². The number of hydrogen-bond acceptors (Lipinski definition) is 5. The number of rotatable bonds is 5. The molecule has 0 saturated carbocycles. The molecular formula is C24H18N2O5. The molecule has 31 heavy (non-hydrogen) atoms. The fourth-order valence-electron chi connectivity index (χ4n) is 3.48. The molecule has 0 unspecified atom stereocenters. The van der Waals surface area contributed by atoms with Crippen LogP contribution in [0.15, 0.2) is 78.9 Å². The highest BCUT2D eigenvalue weighted by Crippen LogP contribution is 2.29. The van der Waals surface area contributed by atoms with Crippen LogP contribution in [0.3, 0.4) is 0 Å². The van der Waals surface area contributed by atoms with E-state index in [1.165, 1.54) is 25.1 Å². The molecule has 154 valence electrons. The van der Waals surface area contributed by atoms with Gasteiger partial charge in [0.25, 0.3) is 11.6 Å². The summed E-state index contributed by atoms with van der Waals surface area (Å²) in [7, 11) is 0. The van der Waals surface area contributed by atoms with Crippen molar-refractivity contribution in [2.24, 2.45) is 0 Å². The van der Waals surface area contributed by atoms with Crippen LogP contribution in [0.4, 0.5) is 11.4 Å². The molecule has 1 amide bonds. The lowest BCUT2D eigenvalue weighted by molar-refractivity contribution is -0.383. The van der Waals surface area contributed by atoms with Crippen LogP contribution in [0.2, 0.25) is 0 Å². The molecule has 0 aliphatic carbocycles. The Bertz CT molecular complexity index is 1280. The summed E-state index contributed by atoms with van der Waals surface area (Å²) in [6.45, 7) is 1.43. The van der Waals surface area contributed by atoms with E-state index in [0.717, 1.165) is 21.5 Å². The highest BCUT2D eigenvalue weighted by molar-refractivity contribution is 6.17. The molecule has 1 atom stereocenters. The van der Waals surface area contributed by atoms with Crippen molar-refractivity contribution in [1.82, 2.24) is 0 Å². The molecule has 0 aliphatic heterocycles. The maximum atomic E-state index is 13.1. The van der Waals surface area contributed by atoms with Crippen LogP contribution in [-0.2, 0) is 9.53 Å². The first kappa shape index (κ1) is 20.0. The Morgan fingerprint density at radius 1 is 0.903 bits per heavy atom. The van der Waals surface area contributed by atoms with Crippen molar-refractivity contribution < 1.29 is 19.2 Å². The third-order valence-corrected chi connectivity index (χ3v) is 4.99. The molecule has 0 radical (unpaired) electrons. The van der Waals surface area contributed by atoms with Crippen LogP contribution in [0.25, 0.3) is 21.5 Å². The molecule has 4 aromatic rings. The number of carbonyl (C=O) groups excluding carboxylic acids is 2. The van der Waals surface area contributed by atoms with Gasteiger partial charge >= 0.3 is 5.97 Å². The van der Waals surface area contributed by atoms with Crippen molar-refractivity contribution in [1.29, 1.82) is 0 Å². The Hall–Kier alpha value is -4.26. The summed E-state index contributed by atoms with van der Waals surface area (Å²) in [4.78, 5) is 36.2. The van der Waals surface area contributed by atoms with Gasteiger partial charge in [-0.3, -0.25) is 14.9 Å². The van der Waals surface area contributed by atoms with Crippen LogP contribution in [0.5, 0.6) is 0 Å². The number of ether oxygens (including phenoxy) is 1. The molecular weight excluding hydrogens is 396 g/mol. The number of amides is 1. The van der Waals surface area contributed by atoms with Gasteiger partial charge < -0.3 is 10.1 Å². The second-order valence-corrected chi connectivity index (χ2v) is 7.00. The summed E-state index contributed by atoms with van der Waals surface area (Å²) in [6.07, 6.45) is -1.16. The Kier molecular flexibility index (Phi) is 5.32. The number of carbonyl (C=O) groups is 2. The van der Waals surface area contributed by atoms with Crippen LogP contribution in [0, 0.1) is 10.1 Å². The van der Waals surface area contributed by atoms with Gasteiger partial charge in [0.1, 0.15) is 5.69 Å². The van der Waals surface area contributed by atoms with E-state index in [1.54, 1.807) is 6.07 Å². The maximum absolute atomic E-state index is 13.1. The van der Waals surface area contributed by atoms with Gasteiger partial charge in [0.05, 0.1) is 10.5 Å². The summed E-state index contributed by atoms with van der Waals surface area (Å²) in [5, 5.41) is 16.8. The van der Waals surface area contributed by atoms with Gasteiger partial charge in [-0.25, -0.2) is 4.79 Å². The Morgan fingerprint density at radius 3 is 2.06 bits per heavy atom. The zero-order chi connectivity index (χ0) is 22.0. The summed E-state index contributed by atoms with van der Waals surface area (Å²) in [5.41, 5.74) is 0.171. The Labute approximate surface area is 177 Å². The first-order chi connectivity index (χ1) is 15.0. The van der Waals surface area contributed by atoms with Crippen molar-refractivity contribution in [3.63, 3.8) is 0 Å². The number of nitrogens with zero attached hydrogens (tertiary/aromatic N) is 1. The number of anilines is 1. The standard InChI is InChI=1S/C24H18N2O5/c1-15(23(27)25-20-12-6-7-13-21(20)26(29)30)31-24(28)22-18-10-4-2-8-16(18)14-17-9-3-5-11-19(17)22/h2-15H,1H3,(H,25,27)/t15-/m0/s1. The lowest BCUT2D eigenvalue weighted by Crippen LogP contribution is -2.30. The van der Waals surface area contributed by atoms with Crippen LogP contribution in [-0.4, -0.2) is 22.9 Å². The molecule has 0 spiro atoms. The predicted octanol–water partition coefficient (Wildman–Crippen LogP) is 5.09. The van der Waals surface area contributed by atoms with Gasteiger partial charge in [0.15, 0.2) is 6.10 Å². The number of nitro benzene ring substituents is 1. The number of fused-ring (bicyclic) bond motifs is 2. The second-order valence-electron chi connectivity index (χ2n) is 7.00. The summed E-state index contributed by atoms with van der Waals surface area (Å²) in [5.74, 6) is -1.30. The highest BCUT2D eigenvalue weighted by atomic mass is 16.6. The average Bonchev–Trinajstić information content (AvgIpc) is 2.77. The molecule has 0 heterocycles. The normalized spacial score (nSPS) is 11.8. The van der Waals surface area contributed by atoms with E-state index in [2.05, 4.69) is 5.32 Å². The number of esters is 1. The van der Waals surface area contributed by atoms with Crippen molar-refractivity contribution in [2.45, 2.75) is 13.0 Å². The third-order valence-electron chi connectivity index (χ3n) is 4.99. The number of para-hydroxylation sites is 2. The molecule has 0 saturated heterocycles. The second kappa shape index (κ2) is 8.23. The van der Waals surface area contributed by atoms with Gasteiger partial charge in [-0.05, 0) is 40.6 Å². The number of nitro groups is 1. The van der Waals surface area contributed by atoms with E-state index in [1.807, 2.05) is 54.6 Å². The van der Waals surface area contributed by atoms with Crippen molar-refractivity contribution in [2.75, 3.05) is 5.32 Å². The largest absolute Gasteiger partial charge is 0.449 e. The van der Waals surface area contributed by atoms with Gasteiger partial charge in [-0.2, -0.15) is 0 Å². The van der Waals surface area contributed by atoms with Crippen molar-refractivity contribution >= 4 is 44.8 Å². The maximum Gasteiger partial charge on any atom is 0.340 e. The van der Waals surface area contributed by atoms with Gasteiger partial charge in [-0.1, -0.05) is 60.7 Å². The third kappa shape index (κ3) is 3.93. The minimum Gasteiger partial charge on any atom is -0.449 e. The number of hydrogen-bond donors (Lipinski definition) is 1. The summed E-state index contributed by atoms with van der Waals surface area (Å²) in [6, 6.07) is 22.7. The van der Waals surface area contributed by atoms with E-state index in [9.17, 15) is 19.7 Å². The quantitative estimate of drug-likeness (QED) is 0.212. The molecule has 0 bridgehead atoms. The van der Waals surface area contributed by atoms with Crippen LogP contribution in [0.1, 0.15) is 17.3 Å². The molecule has 4 rings (SSSR count). The molecule has 7 heteroatoms. The zero-order valence-electron chi connectivity index (χ0n) is 16.6. The fraction of sp³-hybridized carbons (Fsp3) is 0.0833. The van der Waals surface area contributed by atoms with Crippen molar-refractivity contribution in [3.8, 4) is 0 Å². The van der Waals surface area contributed by atoms with E-state index in [4.69, 9.17) is 4.74 Å². The molecule has 0 aromatic heterocycles. The monoisotopic (exact) mass is 414 g/mol. The SMILES string of the molecule is C[C@H](OC(=O)c1c2ccccc2cc2ccccc12)C(=O)Nc1ccccc1[N+](=O)[O-]. The minimum atomic E-state index is -1.16. The summed E-state index contributed by atoms with van der Waals surface area (Å²) < 4.78 is 5.47. The fourth-order valence-corrected chi connectivity index (χ4v) is 3.48. The number of nitrogens with one attached hydrogen (secondary N) is 1. The molecule has 7 nitrogen and oxygen atoms in total. The van der Waals surface area contributed by atoms with Crippen LogP contribution >= 0.6 is 0 Å². The first-order valence-corrected chi connectivity index (χ1v) is 9.61. The smallest absolute Gasteiger partial charge is 0.340 e. The Morgan fingerprint density at radius 2 is 1.45 bits per heavy atom. The van der Waals surface area contributed by atoms with E-state index >= 15 is 0 Å². The molecule has 0 fully saturated rings. The lowest BCUT2D eigenvalue weighted by atomic mass is 9.97. The topological polar surface area (TPSA) is 98.5 Å². The van der Waals surface area contributed by atoms with E-state index in [0.29, 0.717) is 5.56 Å². The molecule has 0 aliphatic rings. The summed E-state index contributed by atoms with van der Waals surface area (Å²) >= 11 is 0. The predicted molar refractivity (Wildman–Crippen MR) is 118 cm³/mol. The van der Waals surface area contributed by atoms with E-state index < -0.39 is 22.9 Å². The number of benzene rings is 4. The zero-order valence-corrected chi connectivity index (χ0v) is 16.6. The van der Waals surface area contributed by atoms with Crippen molar-refractivity contribution in [3.05, 3.63) is 94.5 Å². The van der Waals surface area contributed by atoms with Gasteiger partial charge in [0.2, 0.25) is 0 Å². The first-order valence-electron chi connectivity index (χ1n) is 9.61.